The van der Waals surface area contributed by atoms with Crippen molar-refractivity contribution in [2.45, 2.75) is 32.7 Å². The Hall–Kier alpha value is -1.01. The first-order valence-electron chi connectivity index (χ1n) is 5.39. The van der Waals surface area contributed by atoms with Crippen LogP contribution in [0.1, 0.15) is 32.2 Å². The molecule has 0 saturated heterocycles. The number of nitrogens with two attached hydrogens (primary N) is 1. The first kappa shape index (κ1) is 14.1. The van der Waals surface area contributed by atoms with E-state index < -0.39 is 11.5 Å². The van der Waals surface area contributed by atoms with Crippen LogP contribution in [0.25, 0.3) is 0 Å². The largest absolute Gasteiger partial charge is 0.393 e. The van der Waals surface area contributed by atoms with Crippen molar-refractivity contribution < 1.29 is 4.79 Å². The third-order valence-electron chi connectivity index (χ3n) is 2.47. The van der Waals surface area contributed by atoms with E-state index in [4.69, 9.17) is 18.0 Å². The number of nitrogens with one attached hydrogen (secondary N) is 1. The van der Waals surface area contributed by atoms with E-state index >= 15 is 0 Å². The molecule has 1 aromatic rings. The van der Waals surface area contributed by atoms with Gasteiger partial charge in [-0.25, -0.2) is 4.98 Å². The lowest BCUT2D eigenvalue weighted by Crippen LogP contribution is -2.46. The van der Waals surface area contributed by atoms with E-state index in [0.29, 0.717) is 6.42 Å². The van der Waals surface area contributed by atoms with Crippen molar-refractivity contribution in [2.75, 3.05) is 0 Å². The first-order chi connectivity index (χ1) is 7.88. The Morgan fingerprint density at radius 1 is 1.71 bits per heavy atom. The third-order valence-corrected chi connectivity index (χ3v) is 3.85. The molecule has 4 nitrogen and oxygen atoms in total. The van der Waals surface area contributed by atoms with Crippen LogP contribution in [-0.2, 0) is 10.3 Å². The zero-order valence-corrected chi connectivity index (χ0v) is 11.8. The summed E-state index contributed by atoms with van der Waals surface area (Å²) in [5.74, 6) is -0.551. The molecule has 0 fully saturated rings. The molecule has 3 N–H and O–H groups in total. The molecule has 1 heterocycles. The number of amides is 1. The fourth-order valence-electron chi connectivity index (χ4n) is 1.50. The second kappa shape index (κ2) is 5.55. The van der Waals surface area contributed by atoms with Crippen LogP contribution in [-0.4, -0.2) is 15.9 Å². The van der Waals surface area contributed by atoms with E-state index in [-0.39, 0.29) is 10.9 Å². The van der Waals surface area contributed by atoms with E-state index in [1.54, 1.807) is 6.20 Å². The molecule has 0 spiro atoms. The van der Waals surface area contributed by atoms with Crippen molar-refractivity contribution >= 4 is 34.5 Å². The van der Waals surface area contributed by atoms with Crippen LogP contribution in [0, 0.1) is 5.92 Å². The van der Waals surface area contributed by atoms with E-state index in [9.17, 15) is 4.79 Å². The number of hydrogen-bond acceptors (Lipinski definition) is 4. The maximum atomic E-state index is 12.0. The SMILES string of the molecule is CCC(C(=O)NC(C)(C)c1nccs1)C(N)=S. The zero-order chi connectivity index (χ0) is 13.1. The van der Waals surface area contributed by atoms with Gasteiger partial charge in [0.2, 0.25) is 5.91 Å². The van der Waals surface area contributed by atoms with Gasteiger partial charge in [0, 0.05) is 11.6 Å². The molecule has 0 aromatic carbocycles. The Morgan fingerprint density at radius 2 is 2.35 bits per heavy atom. The van der Waals surface area contributed by atoms with Crippen molar-refractivity contribution in [2.24, 2.45) is 11.7 Å². The number of thiocarbonyl (C=S) groups is 1. The van der Waals surface area contributed by atoms with E-state index in [2.05, 4.69) is 10.3 Å². The average Bonchev–Trinajstić information content (AvgIpc) is 2.69. The summed E-state index contributed by atoms with van der Waals surface area (Å²) in [4.78, 5) is 16.5. The summed E-state index contributed by atoms with van der Waals surface area (Å²) in [5, 5.41) is 5.68. The van der Waals surface area contributed by atoms with Gasteiger partial charge in [0.25, 0.3) is 0 Å². The standard InChI is InChI=1S/C11H17N3OS2/c1-4-7(8(12)16)9(15)14-11(2,3)10-13-5-6-17-10/h5-7H,4H2,1-3H3,(H2,12,16)(H,14,15). The fourth-order valence-corrected chi connectivity index (χ4v) is 2.49. The molecule has 0 radical (unpaired) electrons. The lowest BCUT2D eigenvalue weighted by molar-refractivity contribution is -0.124. The average molecular weight is 271 g/mol. The van der Waals surface area contributed by atoms with Crippen LogP contribution < -0.4 is 11.1 Å². The summed E-state index contributed by atoms with van der Waals surface area (Å²) >= 11 is 6.40. The van der Waals surface area contributed by atoms with Crippen LogP contribution in [0.5, 0.6) is 0 Å². The third kappa shape index (κ3) is 3.47. The molecule has 0 saturated carbocycles. The minimum Gasteiger partial charge on any atom is -0.393 e. The minimum absolute atomic E-state index is 0.139. The Kier molecular flexibility index (Phi) is 4.59. The van der Waals surface area contributed by atoms with Gasteiger partial charge in [-0.3, -0.25) is 4.79 Å². The first-order valence-corrected chi connectivity index (χ1v) is 6.68. The number of nitrogens with zero attached hydrogens (tertiary/aromatic N) is 1. The molecular formula is C11H17N3OS2. The summed E-state index contributed by atoms with van der Waals surface area (Å²) < 4.78 is 0. The lowest BCUT2D eigenvalue weighted by Gasteiger charge is -2.26. The molecule has 6 heteroatoms. The van der Waals surface area contributed by atoms with Gasteiger partial charge in [-0.2, -0.15) is 0 Å². The molecular weight excluding hydrogens is 254 g/mol. The smallest absolute Gasteiger partial charge is 0.230 e. The predicted octanol–water partition coefficient (Wildman–Crippen LogP) is 1.81. The van der Waals surface area contributed by atoms with Gasteiger partial charge in [0.1, 0.15) is 5.01 Å². The van der Waals surface area contributed by atoms with Crippen molar-refractivity contribution in [3.63, 3.8) is 0 Å². The number of carbonyl (C=O) groups is 1. The highest BCUT2D eigenvalue weighted by atomic mass is 32.1. The lowest BCUT2D eigenvalue weighted by atomic mass is 10.0. The molecule has 0 bridgehead atoms. The van der Waals surface area contributed by atoms with Gasteiger partial charge < -0.3 is 11.1 Å². The summed E-state index contributed by atoms with van der Waals surface area (Å²) in [6.07, 6.45) is 2.33. The summed E-state index contributed by atoms with van der Waals surface area (Å²) in [5.41, 5.74) is 5.05. The van der Waals surface area contributed by atoms with Gasteiger partial charge in [0.15, 0.2) is 0 Å². The van der Waals surface area contributed by atoms with E-state index in [0.717, 1.165) is 5.01 Å². The van der Waals surface area contributed by atoms with Crippen molar-refractivity contribution in [3.8, 4) is 0 Å². The molecule has 1 aromatic heterocycles. The minimum atomic E-state index is -0.497. The van der Waals surface area contributed by atoms with Crippen LogP contribution >= 0.6 is 23.6 Å². The second-order valence-electron chi connectivity index (χ2n) is 4.31. The van der Waals surface area contributed by atoms with Gasteiger partial charge in [-0.1, -0.05) is 19.1 Å². The summed E-state index contributed by atoms with van der Waals surface area (Å²) in [7, 11) is 0. The van der Waals surface area contributed by atoms with Crippen LogP contribution in [0.2, 0.25) is 0 Å². The van der Waals surface area contributed by atoms with Gasteiger partial charge in [0.05, 0.1) is 16.4 Å². The molecule has 0 aliphatic rings. The van der Waals surface area contributed by atoms with Crippen LogP contribution in [0.3, 0.4) is 0 Å². The number of rotatable bonds is 5. The number of carbonyl (C=O) groups excluding carboxylic acids is 1. The Labute approximate surface area is 111 Å². The highest BCUT2D eigenvalue weighted by molar-refractivity contribution is 7.80. The number of hydrogen-bond donors (Lipinski definition) is 2. The Bertz CT molecular complexity index is 401. The molecule has 0 aliphatic heterocycles. The number of aromatic nitrogens is 1. The summed E-state index contributed by atoms with van der Waals surface area (Å²) in [6.45, 7) is 5.71. The zero-order valence-electron chi connectivity index (χ0n) is 10.2. The van der Waals surface area contributed by atoms with Crippen molar-refractivity contribution in [1.82, 2.24) is 10.3 Å². The predicted molar refractivity (Wildman–Crippen MR) is 73.8 cm³/mol. The normalized spacial score (nSPS) is 13.1. The maximum Gasteiger partial charge on any atom is 0.230 e. The molecule has 1 rings (SSSR count). The van der Waals surface area contributed by atoms with Gasteiger partial charge in [-0.15, -0.1) is 11.3 Å². The van der Waals surface area contributed by atoms with Crippen LogP contribution in [0.15, 0.2) is 11.6 Å². The van der Waals surface area contributed by atoms with Crippen molar-refractivity contribution in [3.05, 3.63) is 16.6 Å². The topological polar surface area (TPSA) is 68.0 Å². The molecule has 1 unspecified atom stereocenters. The van der Waals surface area contributed by atoms with Crippen LogP contribution in [0.4, 0.5) is 0 Å². The number of thiazole rings is 1. The highest BCUT2D eigenvalue weighted by Crippen LogP contribution is 2.22. The van der Waals surface area contributed by atoms with Crippen molar-refractivity contribution in [1.29, 1.82) is 0 Å². The quantitative estimate of drug-likeness (QED) is 0.801. The molecule has 94 valence electrons. The molecule has 1 amide bonds. The van der Waals surface area contributed by atoms with E-state index in [1.807, 2.05) is 26.2 Å². The molecule has 1 atom stereocenters. The molecule has 17 heavy (non-hydrogen) atoms. The van der Waals surface area contributed by atoms with Gasteiger partial charge in [-0.05, 0) is 20.3 Å². The van der Waals surface area contributed by atoms with Gasteiger partial charge >= 0.3 is 0 Å². The highest BCUT2D eigenvalue weighted by Gasteiger charge is 2.29. The second-order valence-corrected chi connectivity index (χ2v) is 5.68. The fraction of sp³-hybridized carbons (Fsp3) is 0.545. The Morgan fingerprint density at radius 3 is 2.76 bits per heavy atom. The van der Waals surface area contributed by atoms with E-state index in [1.165, 1.54) is 11.3 Å². The maximum absolute atomic E-state index is 12.0. The summed E-state index contributed by atoms with van der Waals surface area (Å²) in [6, 6.07) is 0. The Balaban J connectivity index is 2.77. The molecule has 0 aliphatic carbocycles. The monoisotopic (exact) mass is 271 g/mol.